The van der Waals surface area contributed by atoms with Crippen molar-refractivity contribution < 1.29 is 13.2 Å². The fraction of sp³-hybridized carbons (Fsp3) is 0.417. The van der Waals surface area contributed by atoms with Crippen LogP contribution in [-0.4, -0.2) is 26.4 Å². The van der Waals surface area contributed by atoms with Gasteiger partial charge in [-0.3, -0.25) is 4.79 Å². The van der Waals surface area contributed by atoms with Gasteiger partial charge in [-0.1, -0.05) is 6.07 Å². The molecule has 1 aromatic carbocycles. The minimum atomic E-state index is -3.89. The van der Waals surface area contributed by atoms with Crippen molar-refractivity contribution in [2.24, 2.45) is 5.14 Å². The number of para-hydroxylation sites is 1. The van der Waals surface area contributed by atoms with E-state index < -0.39 is 10.0 Å². The summed E-state index contributed by atoms with van der Waals surface area (Å²) in [5.41, 5.74) is 5.74. The molecule has 0 heterocycles. The predicted molar refractivity (Wildman–Crippen MR) is 78.6 cm³/mol. The molecule has 0 aliphatic carbocycles. The molecule has 0 saturated heterocycles. The van der Waals surface area contributed by atoms with Crippen LogP contribution < -0.4 is 21.5 Å². The van der Waals surface area contributed by atoms with Gasteiger partial charge in [-0.05, 0) is 32.9 Å². The molecule has 8 heteroatoms. The Hall–Kier alpha value is -1.80. The Morgan fingerprint density at radius 3 is 2.40 bits per heavy atom. The van der Waals surface area contributed by atoms with E-state index >= 15 is 0 Å². The monoisotopic (exact) mass is 300 g/mol. The SMILES string of the molecule is CC(C)(C)NC(=O)CNc1cccc(S(N)(=O)=O)c1N. The number of amides is 1. The molecule has 1 rings (SSSR count). The first-order valence-corrected chi connectivity index (χ1v) is 7.51. The molecule has 0 radical (unpaired) electrons. The molecule has 0 aliphatic rings. The number of sulfonamides is 1. The maximum Gasteiger partial charge on any atom is 0.240 e. The fourth-order valence-electron chi connectivity index (χ4n) is 1.58. The summed E-state index contributed by atoms with van der Waals surface area (Å²) in [6, 6.07) is 4.39. The van der Waals surface area contributed by atoms with Crippen molar-refractivity contribution >= 4 is 27.3 Å². The summed E-state index contributed by atoms with van der Waals surface area (Å²) in [5.74, 6) is -0.224. The number of carbonyl (C=O) groups is 1. The summed E-state index contributed by atoms with van der Waals surface area (Å²) in [7, 11) is -3.89. The Balaban J connectivity index is 2.83. The van der Waals surface area contributed by atoms with E-state index in [9.17, 15) is 13.2 Å². The van der Waals surface area contributed by atoms with Crippen LogP contribution in [0.25, 0.3) is 0 Å². The summed E-state index contributed by atoms with van der Waals surface area (Å²) >= 11 is 0. The Morgan fingerprint density at radius 2 is 1.90 bits per heavy atom. The van der Waals surface area contributed by atoms with Crippen LogP contribution in [0.1, 0.15) is 20.8 Å². The molecule has 0 aromatic heterocycles. The van der Waals surface area contributed by atoms with E-state index in [-0.39, 0.29) is 28.6 Å². The van der Waals surface area contributed by atoms with Crippen molar-refractivity contribution in [2.75, 3.05) is 17.6 Å². The molecule has 0 atom stereocenters. The quantitative estimate of drug-likeness (QED) is 0.592. The standard InChI is InChI=1S/C12H20N4O3S/c1-12(2,3)16-10(17)7-15-8-5-4-6-9(11(8)13)20(14,18)19/h4-6,15H,7,13H2,1-3H3,(H,16,17)(H2,14,18,19). The Kier molecular flexibility index (Phi) is 4.61. The normalized spacial score (nSPS) is 12.0. The van der Waals surface area contributed by atoms with Gasteiger partial charge in [-0.2, -0.15) is 0 Å². The number of nitrogens with one attached hydrogen (secondary N) is 2. The molecule has 112 valence electrons. The minimum Gasteiger partial charge on any atom is -0.396 e. The zero-order valence-corrected chi connectivity index (χ0v) is 12.5. The summed E-state index contributed by atoms with van der Waals surface area (Å²) in [5, 5.41) is 10.6. The van der Waals surface area contributed by atoms with E-state index in [0.29, 0.717) is 5.69 Å². The van der Waals surface area contributed by atoms with Crippen molar-refractivity contribution in [3.8, 4) is 0 Å². The lowest BCUT2D eigenvalue weighted by Gasteiger charge is -2.21. The number of anilines is 2. The minimum absolute atomic E-state index is 0.00133. The molecule has 0 bridgehead atoms. The highest BCUT2D eigenvalue weighted by Gasteiger charge is 2.16. The van der Waals surface area contributed by atoms with Crippen molar-refractivity contribution in [2.45, 2.75) is 31.2 Å². The van der Waals surface area contributed by atoms with E-state index in [1.165, 1.54) is 12.1 Å². The van der Waals surface area contributed by atoms with Crippen molar-refractivity contribution in [3.05, 3.63) is 18.2 Å². The van der Waals surface area contributed by atoms with Gasteiger partial charge >= 0.3 is 0 Å². The van der Waals surface area contributed by atoms with Gasteiger partial charge in [0, 0.05) is 5.54 Å². The third kappa shape index (κ3) is 4.71. The van der Waals surface area contributed by atoms with Gasteiger partial charge in [0.05, 0.1) is 17.9 Å². The second-order valence-corrected chi connectivity index (χ2v) is 6.94. The van der Waals surface area contributed by atoms with Crippen LogP contribution in [0.15, 0.2) is 23.1 Å². The number of benzene rings is 1. The summed E-state index contributed by atoms with van der Waals surface area (Å²) in [6.07, 6.45) is 0. The van der Waals surface area contributed by atoms with Crippen molar-refractivity contribution in [1.82, 2.24) is 5.32 Å². The molecule has 0 aliphatic heterocycles. The molecule has 1 aromatic rings. The smallest absolute Gasteiger partial charge is 0.240 e. The van der Waals surface area contributed by atoms with E-state index in [1.807, 2.05) is 20.8 Å². The van der Waals surface area contributed by atoms with Gasteiger partial charge < -0.3 is 16.4 Å². The molecule has 0 saturated carbocycles. The number of carbonyl (C=O) groups excluding carboxylic acids is 1. The average Bonchev–Trinajstić information content (AvgIpc) is 2.23. The Morgan fingerprint density at radius 1 is 1.30 bits per heavy atom. The van der Waals surface area contributed by atoms with Crippen molar-refractivity contribution in [1.29, 1.82) is 0 Å². The highest BCUT2D eigenvalue weighted by atomic mass is 32.2. The van der Waals surface area contributed by atoms with Crippen LogP contribution in [-0.2, 0) is 14.8 Å². The fourth-order valence-corrected chi connectivity index (χ4v) is 2.27. The van der Waals surface area contributed by atoms with Crippen LogP contribution in [0.5, 0.6) is 0 Å². The number of rotatable bonds is 4. The summed E-state index contributed by atoms with van der Waals surface area (Å²) in [4.78, 5) is 11.5. The third-order valence-electron chi connectivity index (χ3n) is 2.33. The lowest BCUT2D eigenvalue weighted by Crippen LogP contribution is -2.43. The zero-order valence-electron chi connectivity index (χ0n) is 11.7. The van der Waals surface area contributed by atoms with E-state index in [0.717, 1.165) is 0 Å². The van der Waals surface area contributed by atoms with Gasteiger partial charge in [-0.25, -0.2) is 13.6 Å². The molecular formula is C12H20N4O3S. The number of nitrogen functional groups attached to an aromatic ring is 1. The van der Waals surface area contributed by atoms with Gasteiger partial charge in [0.1, 0.15) is 4.90 Å². The number of nitrogens with two attached hydrogens (primary N) is 2. The van der Waals surface area contributed by atoms with E-state index in [1.54, 1.807) is 6.07 Å². The van der Waals surface area contributed by atoms with Gasteiger partial charge in [-0.15, -0.1) is 0 Å². The largest absolute Gasteiger partial charge is 0.396 e. The molecule has 20 heavy (non-hydrogen) atoms. The van der Waals surface area contributed by atoms with Crippen LogP contribution in [0, 0.1) is 0 Å². The van der Waals surface area contributed by atoms with E-state index in [4.69, 9.17) is 10.9 Å². The number of primary sulfonamides is 1. The second kappa shape index (κ2) is 5.68. The highest BCUT2D eigenvalue weighted by molar-refractivity contribution is 7.89. The molecule has 0 fully saturated rings. The van der Waals surface area contributed by atoms with Gasteiger partial charge in [0.2, 0.25) is 15.9 Å². The molecule has 7 nitrogen and oxygen atoms in total. The lowest BCUT2D eigenvalue weighted by atomic mass is 10.1. The van der Waals surface area contributed by atoms with Crippen LogP contribution >= 0.6 is 0 Å². The Bertz CT molecular complexity index is 606. The lowest BCUT2D eigenvalue weighted by molar-refractivity contribution is -0.120. The highest BCUT2D eigenvalue weighted by Crippen LogP contribution is 2.25. The molecule has 0 unspecified atom stereocenters. The van der Waals surface area contributed by atoms with E-state index in [2.05, 4.69) is 10.6 Å². The maximum atomic E-state index is 11.7. The maximum absolute atomic E-state index is 11.7. The third-order valence-corrected chi connectivity index (χ3v) is 3.30. The van der Waals surface area contributed by atoms with Crippen LogP contribution in [0.3, 0.4) is 0 Å². The topological polar surface area (TPSA) is 127 Å². The molecule has 6 N–H and O–H groups in total. The summed E-state index contributed by atoms with van der Waals surface area (Å²) < 4.78 is 22.6. The molecule has 1 amide bonds. The number of hydrogen-bond donors (Lipinski definition) is 4. The van der Waals surface area contributed by atoms with Gasteiger partial charge in [0.15, 0.2) is 0 Å². The zero-order chi connectivity index (χ0) is 15.6. The molecular weight excluding hydrogens is 280 g/mol. The van der Waals surface area contributed by atoms with Crippen LogP contribution in [0.2, 0.25) is 0 Å². The first-order valence-electron chi connectivity index (χ1n) is 5.97. The Labute approximate surface area is 118 Å². The molecule has 0 spiro atoms. The predicted octanol–water partition coefficient (Wildman–Crippen LogP) is 0.243. The number of hydrogen-bond acceptors (Lipinski definition) is 5. The second-order valence-electron chi connectivity index (χ2n) is 5.41. The van der Waals surface area contributed by atoms with Gasteiger partial charge in [0.25, 0.3) is 0 Å². The summed E-state index contributed by atoms with van der Waals surface area (Å²) in [6.45, 7) is 5.57. The van der Waals surface area contributed by atoms with Crippen molar-refractivity contribution in [3.63, 3.8) is 0 Å². The first-order chi connectivity index (χ1) is 9.00. The average molecular weight is 300 g/mol. The van der Waals surface area contributed by atoms with Crippen LogP contribution in [0.4, 0.5) is 11.4 Å². The first kappa shape index (κ1) is 16.3.